The van der Waals surface area contributed by atoms with E-state index in [1.807, 2.05) is 24.3 Å². The van der Waals surface area contributed by atoms with E-state index in [0.717, 1.165) is 11.1 Å². The monoisotopic (exact) mass is 336 g/mol. The molecule has 104 valence electrons. The molecular weight excluding hydrogens is 323 g/mol. The highest BCUT2D eigenvalue weighted by molar-refractivity contribution is 9.10. The van der Waals surface area contributed by atoms with E-state index in [9.17, 15) is 9.18 Å². The molecule has 0 aromatic heterocycles. The number of hydrogen-bond donors (Lipinski definition) is 2. The SMILES string of the molecule is NCc1ccccc1CNC(=O)c1cccc(Br)c1F. The van der Waals surface area contributed by atoms with Gasteiger partial charge in [0.25, 0.3) is 5.91 Å². The lowest BCUT2D eigenvalue weighted by Gasteiger charge is -2.10. The van der Waals surface area contributed by atoms with Crippen molar-refractivity contribution < 1.29 is 9.18 Å². The summed E-state index contributed by atoms with van der Waals surface area (Å²) in [5, 5.41) is 2.70. The molecule has 3 N–H and O–H groups in total. The maximum atomic E-state index is 13.8. The Balaban J connectivity index is 2.11. The van der Waals surface area contributed by atoms with Gasteiger partial charge in [0.2, 0.25) is 0 Å². The van der Waals surface area contributed by atoms with Crippen LogP contribution >= 0.6 is 15.9 Å². The summed E-state index contributed by atoms with van der Waals surface area (Å²) in [6, 6.07) is 12.2. The van der Waals surface area contributed by atoms with E-state index in [1.54, 1.807) is 12.1 Å². The van der Waals surface area contributed by atoms with Crippen molar-refractivity contribution in [2.45, 2.75) is 13.1 Å². The Kier molecular flexibility index (Phi) is 4.87. The van der Waals surface area contributed by atoms with Crippen LogP contribution in [0.15, 0.2) is 46.9 Å². The van der Waals surface area contributed by atoms with Gasteiger partial charge in [-0.1, -0.05) is 30.3 Å². The first-order chi connectivity index (χ1) is 9.63. The van der Waals surface area contributed by atoms with Crippen LogP contribution in [0.4, 0.5) is 4.39 Å². The van der Waals surface area contributed by atoms with Crippen molar-refractivity contribution in [2.24, 2.45) is 5.73 Å². The van der Waals surface area contributed by atoms with Crippen LogP contribution in [-0.2, 0) is 13.1 Å². The van der Waals surface area contributed by atoms with Crippen molar-refractivity contribution in [3.8, 4) is 0 Å². The van der Waals surface area contributed by atoms with E-state index in [0.29, 0.717) is 13.1 Å². The summed E-state index contributed by atoms with van der Waals surface area (Å²) in [5.74, 6) is -1.01. The molecule has 0 fully saturated rings. The predicted octanol–water partition coefficient (Wildman–Crippen LogP) is 2.98. The molecule has 2 aromatic carbocycles. The van der Waals surface area contributed by atoms with Gasteiger partial charge in [-0.3, -0.25) is 4.79 Å². The van der Waals surface area contributed by atoms with Crippen LogP contribution in [-0.4, -0.2) is 5.91 Å². The topological polar surface area (TPSA) is 55.1 Å². The molecule has 3 nitrogen and oxygen atoms in total. The van der Waals surface area contributed by atoms with Crippen LogP contribution in [0.5, 0.6) is 0 Å². The van der Waals surface area contributed by atoms with Crippen molar-refractivity contribution in [1.29, 1.82) is 0 Å². The molecule has 0 aliphatic heterocycles. The highest BCUT2D eigenvalue weighted by Gasteiger charge is 2.13. The summed E-state index contributed by atoms with van der Waals surface area (Å²) >= 11 is 3.06. The molecule has 0 heterocycles. The van der Waals surface area contributed by atoms with Crippen molar-refractivity contribution in [2.75, 3.05) is 0 Å². The molecule has 2 rings (SSSR count). The molecule has 0 bridgehead atoms. The lowest BCUT2D eigenvalue weighted by Crippen LogP contribution is -2.24. The van der Waals surface area contributed by atoms with E-state index < -0.39 is 11.7 Å². The number of carbonyl (C=O) groups excluding carboxylic acids is 1. The van der Waals surface area contributed by atoms with E-state index in [2.05, 4.69) is 21.2 Å². The zero-order chi connectivity index (χ0) is 14.5. The van der Waals surface area contributed by atoms with Crippen LogP contribution in [0.25, 0.3) is 0 Å². The van der Waals surface area contributed by atoms with Crippen LogP contribution < -0.4 is 11.1 Å². The minimum Gasteiger partial charge on any atom is -0.348 e. The average molecular weight is 337 g/mol. The van der Waals surface area contributed by atoms with Gasteiger partial charge in [0.15, 0.2) is 0 Å². The maximum Gasteiger partial charge on any atom is 0.254 e. The van der Waals surface area contributed by atoms with Crippen molar-refractivity contribution in [3.05, 3.63) is 69.4 Å². The lowest BCUT2D eigenvalue weighted by atomic mass is 10.1. The van der Waals surface area contributed by atoms with Gasteiger partial charge in [-0.2, -0.15) is 0 Å². The Labute approximate surface area is 125 Å². The molecule has 5 heteroatoms. The van der Waals surface area contributed by atoms with Crippen LogP contribution in [0.2, 0.25) is 0 Å². The minimum absolute atomic E-state index is 0.0182. The maximum absolute atomic E-state index is 13.8. The smallest absolute Gasteiger partial charge is 0.254 e. The predicted molar refractivity (Wildman–Crippen MR) is 79.6 cm³/mol. The Morgan fingerprint density at radius 1 is 1.15 bits per heavy atom. The minimum atomic E-state index is -0.558. The number of carbonyl (C=O) groups is 1. The van der Waals surface area contributed by atoms with Gasteiger partial charge in [0.05, 0.1) is 10.0 Å². The molecule has 0 saturated heterocycles. The number of nitrogens with two attached hydrogens (primary N) is 1. The molecule has 0 atom stereocenters. The van der Waals surface area contributed by atoms with Crippen molar-refractivity contribution in [3.63, 3.8) is 0 Å². The number of nitrogens with one attached hydrogen (secondary N) is 1. The Bertz CT molecular complexity index is 631. The molecule has 0 aliphatic rings. The zero-order valence-corrected chi connectivity index (χ0v) is 12.3. The third kappa shape index (κ3) is 3.23. The first kappa shape index (κ1) is 14.7. The average Bonchev–Trinajstić information content (AvgIpc) is 2.48. The van der Waals surface area contributed by atoms with Gasteiger partial charge in [-0.25, -0.2) is 4.39 Å². The van der Waals surface area contributed by atoms with Crippen LogP contribution in [0, 0.1) is 5.82 Å². The number of hydrogen-bond acceptors (Lipinski definition) is 2. The molecule has 0 aliphatic carbocycles. The van der Waals surface area contributed by atoms with E-state index in [1.165, 1.54) is 6.07 Å². The zero-order valence-electron chi connectivity index (χ0n) is 10.7. The summed E-state index contributed by atoms with van der Waals surface area (Å²) in [6.07, 6.45) is 0. The fraction of sp³-hybridized carbons (Fsp3) is 0.133. The largest absolute Gasteiger partial charge is 0.348 e. The summed E-state index contributed by atoms with van der Waals surface area (Å²) in [5.41, 5.74) is 7.54. The third-order valence-electron chi connectivity index (χ3n) is 2.97. The second-order valence-corrected chi connectivity index (χ2v) is 5.11. The summed E-state index contributed by atoms with van der Waals surface area (Å²) in [4.78, 5) is 12.0. The molecule has 2 aromatic rings. The van der Waals surface area contributed by atoms with Gasteiger partial charge in [-0.15, -0.1) is 0 Å². The Morgan fingerprint density at radius 2 is 1.85 bits per heavy atom. The number of amides is 1. The number of rotatable bonds is 4. The van der Waals surface area contributed by atoms with Gasteiger partial charge < -0.3 is 11.1 Å². The third-order valence-corrected chi connectivity index (χ3v) is 3.59. The Hall–Kier alpha value is -1.72. The molecule has 0 unspecified atom stereocenters. The lowest BCUT2D eigenvalue weighted by molar-refractivity contribution is 0.0946. The quantitative estimate of drug-likeness (QED) is 0.901. The molecule has 1 amide bonds. The van der Waals surface area contributed by atoms with Gasteiger partial charge in [0.1, 0.15) is 5.82 Å². The fourth-order valence-electron chi connectivity index (χ4n) is 1.88. The first-order valence-electron chi connectivity index (χ1n) is 6.12. The molecule has 20 heavy (non-hydrogen) atoms. The first-order valence-corrected chi connectivity index (χ1v) is 6.92. The highest BCUT2D eigenvalue weighted by atomic mass is 79.9. The standard InChI is InChI=1S/C15H14BrFN2O/c16-13-7-3-6-12(14(13)17)15(20)19-9-11-5-2-1-4-10(11)8-18/h1-7H,8-9,18H2,(H,19,20). The van der Waals surface area contributed by atoms with Crippen LogP contribution in [0.3, 0.4) is 0 Å². The van der Waals surface area contributed by atoms with Crippen LogP contribution in [0.1, 0.15) is 21.5 Å². The van der Waals surface area contributed by atoms with Gasteiger partial charge in [0, 0.05) is 13.1 Å². The van der Waals surface area contributed by atoms with Crippen molar-refractivity contribution in [1.82, 2.24) is 5.32 Å². The summed E-state index contributed by atoms with van der Waals surface area (Å²) < 4.78 is 14.1. The summed E-state index contributed by atoms with van der Waals surface area (Å²) in [7, 11) is 0. The second kappa shape index (κ2) is 6.63. The highest BCUT2D eigenvalue weighted by Crippen LogP contribution is 2.18. The van der Waals surface area contributed by atoms with E-state index in [-0.39, 0.29) is 10.0 Å². The molecule has 0 radical (unpaired) electrons. The van der Waals surface area contributed by atoms with E-state index >= 15 is 0 Å². The fourth-order valence-corrected chi connectivity index (χ4v) is 2.25. The normalized spacial score (nSPS) is 10.3. The van der Waals surface area contributed by atoms with Gasteiger partial charge in [-0.05, 0) is 39.2 Å². The number of halogens is 2. The second-order valence-electron chi connectivity index (χ2n) is 4.26. The molecule has 0 spiro atoms. The Morgan fingerprint density at radius 3 is 2.55 bits per heavy atom. The number of benzene rings is 2. The van der Waals surface area contributed by atoms with Crippen molar-refractivity contribution >= 4 is 21.8 Å². The van der Waals surface area contributed by atoms with Gasteiger partial charge >= 0.3 is 0 Å². The molecule has 0 saturated carbocycles. The molecular formula is C15H14BrFN2O. The summed E-state index contributed by atoms with van der Waals surface area (Å²) in [6.45, 7) is 0.718. The van der Waals surface area contributed by atoms with E-state index in [4.69, 9.17) is 5.73 Å².